The van der Waals surface area contributed by atoms with Crippen LogP contribution in [-0.2, 0) is 0 Å². The lowest BCUT2D eigenvalue weighted by Gasteiger charge is -2.17. The number of benzene rings is 2. The van der Waals surface area contributed by atoms with Crippen LogP contribution >= 0.6 is 11.6 Å². The van der Waals surface area contributed by atoms with Crippen molar-refractivity contribution in [1.29, 1.82) is 0 Å². The number of alkyl halides is 3. The van der Waals surface area contributed by atoms with Gasteiger partial charge in [-0.2, -0.15) is 13.2 Å². The van der Waals surface area contributed by atoms with Crippen molar-refractivity contribution in [3.63, 3.8) is 0 Å². The quantitative estimate of drug-likeness (QED) is 0.526. The Labute approximate surface area is 147 Å². The van der Waals surface area contributed by atoms with Gasteiger partial charge < -0.3 is 5.32 Å². The molecule has 0 aliphatic carbocycles. The molecule has 4 nitrogen and oxygen atoms in total. The largest absolute Gasteiger partial charge is 0.394 e. The van der Waals surface area contributed by atoms with E-state index in [1.807, 2.05) is 0 Å². The molecule has 0 fully saturated rings. The summed E-state index contributed by atoms with van der Waals surface area (Å²) in [4.78, 5) is 10.1. The van der Waals surface area contributed by atoms with Crippen LogP contribution in [0.15, 0.2) is 54.6 Å². The standard InChI is InChI=1S/C17H14ClF3N2O2/c1-11(17(19,20)21)10-16(14-4-2-3-5-15(14)18)22-12-6-8-13(9-7-12)23(24)25/h2-11,22H,1H3/b16-10-. The van der Waals surface area contributed by atoms with Crippen LogP contribution in [0.1, 0.15) is 12.5 Å². The topological polar surface area (TPSA) is 55.2 Å². The fraction of sp³-hybridized carbons (Fsp3) is 0.176. The maximum absolute atomic E-state index is 12.9. The van der Waals surface area contributed by atoms with E-state index in [4.69, 9.17) is 11.6 Å². The Morgan fingerprint density at radius 1 is 1.20 bits per heavy atom. The zero-order valence-corrected chi connectivity index (χ0v) is 13.8. The van der Waals surface area contributed by atoms with Gasteiger partial charge in [0.15, 0.2) is 0 Å². The number of hydrogen-bond acceptors (Lipinski definition) is 3. The van der Waals surface area contributed by atoms with E-state index in [1.165, 1.54) is 24.3 Å². The number of nitro groups is 1. The highest BCUT2D eigenvalue weighted by Gasteiger charge is 2.34. The zero-order chi connectivity index (χ0) is 18.6. The summed E-state index contributed by atoms with van der Waals surface area (Å²) in [6, 6.07) is 11.9. The molecule has 0 amide bonds. The second-order valence-electron chi connectivity index (χ2n) is 5.32. The van der Waals surface area contributed by atoms with E-state index in [1.54, 1.807) is 24.3 Å². The van der Waals surface area contributed by atoms with Crippen molar-refractivity contribution >= 4 is 28.7 Å². The van der Waals surface area contributed by atoms with Gasteiger partial charge in [-0.25, -0.2) is 0 Å². The van der Waals surface area contributed by atoms with Crippen LogP contribution in [0, 0.1) is 16.0 Å². The summed E-state index contributed by atoms with van der Waals surface area (Å²) < 4.78 is 38.8. The molecule has 0 aliphatic rings. The van der Waals surface area contributed by atoms with Crippen molar-refractivity contribution in [2.75, 3.05) is 5.32 Å². The van der Waals surface area contributed by atoms with Gasteiger partial charge in [-0.05, 0) is 24.3 Å². The molecule has 2 aromatic carbocycles. The highest BCUT2D eigenvalue weighted by atomic mass is 35.5. The number of nitrogens with one attached hydrogen (secondary N) is 1. The number of anilines is 1. The summed E-state index contributed by atoms with van der Waals surface area (Å²) in [5, 5.41) is 13.8. The number of rotatable bonds is 5. The lowest BCUT2D eigenvalue weighted by molar-refractivity contribution is -0.384. The van der Waals surface area contributed by atoms with Crippen LogP contribution in [0.5, 0.6) is 0 Å². The maximum Gasteiger partial charge on any atom is 0.394 e. The first-order chi connectivity index (χ1) is 11.7. The molecule has 0 aliphatic heterocycles. The minimum absolute atomic E-state index is 0.113. The summed E-state index contributed by atoms with van der Waals surface area (Å²) in [6.07, 6.45) is -3.37. The third-order valence-corrected chi connectivity index (χ3v) is 3.78. The normalized spacial score (nSPS) is 13.4. The molecule has 0 radical (unpaired) electrons. The van der Waals surface area contributed by atoms with Crippen LogP contribution in [-0.4, -0.2) is 11.1 Å². The minimum Gasteiger partial charge on any atom is -0.355 e. The molecule has 0 saturated heterocycles. The Hall–Kier alpha value is -2.54. The van der Waals surface area contributed by atoms with Gasteiger partial charge in [0.25, 0.3) is 5.69 Å². The van der Waals surface area contributed by atoms with E-state index < -0.39 is 17.0 Å². The van der Waals surface area contributed by atoms with Crippen LogP contribution in [0.3, 0.4) is 0 Å². The molecule has 0 heterocycles. The van der Waals surface area contributed by atoms with E-state index in [0.717, 1.165) is 13.0 Å². The molecule has 0 saturated carbocycles. The predicted octanol–water partition coefficient (Wildman–Crippen LogP) is 5.90. The maximum atomic E-state index is 12.9. The first kappa shape index (κ1) is 18.8. The van der Waals surface area contributed by atoms with E-state index in [0.29, 0.717) is 11.3 Å². The molecule has 2 aromatic rings. The molecule has 0 bridgehead atoms. The van der Waals surface area contributed by atoms with Gasteiger partial charge in [0.1, 0.15) is 0 Å². The summed E-state index contributed by atoms with van der Waals surface area (Å²) in [6.45, 7) is 1.04. The fourth-order valence-electron chi connectivity index (χ4n) is 2.04. The number of hydrogen-bond donors (Lipinski definition) is 1. The number of non-ortho nitro benzene ring substituents is 1. The Morgan fingerprint density at radius 2 is 1.80 bits per heavy atom. The molecule has 1 unspecified atom stereocenters. The highest BCUT2D eigenvalue weighted by Crippen LogP contribution is 2.32. The number of allylic oxidation sites excluding steroid dienone is 1. The summed E-state index contributed by atoms with van der Waals surface area (Å²) in [7, 11) is 0. The molecule has 0 spiro atoms. The van der Waals surface area contributed by atoms with Gasteiger partial charge in [0.05, 0.1) is 10.8 Å². The molecule has 1 N–H and O–H groups in total. The molecule has 0 aromatic heterocycles. The van der Waals surface area contributed by atoms with Crippen LogP contribution in [0.2, 0.25) is 5.02 Å². The van der Waals surface area contributed by atoms with Gasteiger partial charge >= 0.3 is 6.18 Å². The highest BCUT2D eigenvalue weighted by molar-refractivity contribution is 6.32. The first-order valence-electron chi connectivity index (χ1n) is 7.23. The number of nitro benzene ring substituents is 1. The van der Waals surface area contributed by atoms with Crippen molar-refractivity contribution in [3.8, 4) is 0 Å². The number of nitrogens with zero attached hydrogens (tertiary/aromatic N) is 1. The average molecular weight is 371 g/mol. The van der Waals surface area contributed by atoms with E-state index in [9.17, 15) is 23.3 Å². The average Bonchev–Trinajstić information content (AvgIpc) is 2.54. The minimum atomic E-state index is -4.40. The van der Waals surface area contributed by atoms with Crippen molar-refractivity contribution in [2.45, 2.75) is 13.1 Å². The van der Waals surface area contributed by atoms with E-state index in [-0.39, 0.29) is 16.4 Å². The van der Waals surface area contributed by atoms with Crippen LogP contribution in [0.25, 0.3) is 5.70 Å². The molecule has 25 heavy (non-hydrogen) atoms. The molecule has 132 valence electrons. The van der Waals surface area contributed by atoms with E-state index in [2.05, 4.69) is 5.32 Å². The summed E-state index contributed by atoms with van der Waals surface area (Å²) in [5.41, 5.74) is 0.867. The second-order valence-corrected chi connectivity index (χ2v) is 5.73. The van der Waals surface area contributed by atoms with Gasteiger partial charge in [0.2, 0.25) is 0 Å². The molecule has 8 heteroatoms. The first-order valence-corrected chi connectivity index (χ1v) is 7.61. The van der Waals surface area contributed by atoms with Crippen LogP contribution < -0.4 is 5.32 Å². The van der Waals surface area contributed by atoms with Crippen molar-refractivity contribution < 1.29 is 18.1 Å². The predicted molar refractivity (Wildman–Crippen MR) is 91.4 cm³/mol. The smallest absolute Gasteiger partial charge is 0.355 e. The monoisotopic (exact) mass is 370 g/mol. The van der Waals surface area contributed by atoms with Gasteiger partial charge in [-0.15, -0.1) is 0 Å². The second kappa shape index (κ2) is 7.57. The van der Waals surface area contributed by atoms with Gasteiger partial charge in [-0.3, -0.25) is 10.1 Å². The lowest BCUT2D eigenvalue weighted by atomic mass is 10.0. The van der Waals surface area contributed by atoms with Crippen molar-refractivity contribution in [2.24, 2.45) is 5.92 Å². The molecule has 2 rings (SSSR count). The van der Waals surface area contributed by atoms with E-state index >= 15 is 0 Å². The molecule has 1 atom stereocenters. The summed E-state index contributed by atoms with van der Waals surface area (Å²) in [5.74, 6) is -1.70. The van der Waals surface area contributed by atoms with Crippen LogP contribution in [0.4, 0.5) is 24.5 Å². The van der Waals surface area contributed by atoms with Gasteiger partial charge in [0, 0.05) is 34.1 Å². The Morgan fingerprint density at radius 3 is 2.32 bits per heavy atom. The Kier molecular flexibility index (Phi) is 5.69. The molecular formula is C17H14ClF3N2O2. The molecular weight excluding hydrogens is 357 g/mol. The third-order valence-electron chi connectivity index (χ3n) is 3.45. The Bertz CT molecular complexity index is 789. The van der Waals surface area contributed by atoms with Crippen molar-refractivity contribution in [1.82, 2.24) is 0 Å². The van der Waals surface area contributed by atoms with Crippen molar-refractivity contribution in [3.05, 3.63) is 75.3 Å². The van der Waals surface area contributed by atoms with Gasteiger partial charge in [-0.1, -0.05) is 36.7 Å². The zero-order valence-electron chi connectivity index (χ0n) is 13.0. The number of halogens is 4. The summed E-state index contributed by atoms with van der Waals surface area (Å²) >= 11 is 6.10. The third kappa shape index (κ3) is 4.96. The lowest BCUT2D eigenvalue weighted by Crippen LogP contribution is -2.18. The Balaban J connectivity index is 2.40. The SMILES string of the molecule is CC(/C=C(\Nc1ccc([N+](=O)[O-])cc1)c1ccccc1Cl)C(F)(F)F. The fourth-order valence-corrected chi connectivity index (χ4v) is 2.28.